The predicted octanol–water partition coefficient (Wildman–Crippen LogP) is 4.93. The van der Waals surface area contributed by atoms with Crippen molar-refractivity contribution in [2.24, 2.45) is 0 Å². The SMILES string of the molecule is COC(=O)C[C@@H](c1ccc([N+](=O)[O-])cc1)[C@H](NC(=O)C(c1ccccc1)(c1ccccc1)c1ccccc1)C(=O)OC. The summed E-state index contributed by atoms with van der Waals surface area (Å²) in [7, 11) is 2.40. The molecule has 0 saturated carbocycles. The maximum Gasteiger partial charge on any atom is 0.329 e. The molecule has 0 aliphatic carbocycles. The lowest BCUT2D eigenvalue weighted by atomic mass is 9.68. The maximum absolute atomic E-state index is 14.8. The zero-order chi connectivity index (χ0) is 30.1. The molecule has 0 saturated heterocycles. The fourth-order valence-electron chi connectivity index (χ4n) is 5.19. The molecule has 0 aliphatic heterocycles. The van der Waals surface area contributed by atoms with Gasteiger partial charge >= 0.3 is 11.9 Å². The Morgan fingerprint density at radius 3 is 1.57 bits per heavy atom. The van der Waals surface area contributed by atoms with Gasteiger partial charge in [0.15, 0.2) is 0 Å². The smallest absolute Gasteiger partial charge is 0.329 e. The number of amides is 1. The molecule has 4 aromatic carbocycles. The van der Waals surface area contributed by atoms with Crippen LogP contribution in [-0.4, -0.2) is 43.0 Å². The number of carbonyl (C=O) groups is 3. The summed E-state index contributed by atoms with van der Waals surface area (Å²) in [5.74, 6) is -2.92. The Kier molecular flexibility index (Phi) is 9.44. The van der Waals surface area contributed by atoms with E-state index in [4.69, 9.17) is 9.47 Å². The van der Waals surface area contributed by atoms with Gasteiger partial charge in [-0.05, 0) is 22.3 Å². The number of carbonyl (C=O) groups excluding carboxylic acids is 3. The first-order valence-electron chi connectivity index (χ1n) is 13.2. The topological polar surface area (TPSA) is 125 Å². The molecule has 0 unspecified atom stereocenters. The zero-order valence-electron chi connectivity index (χ0n) is 23.1. The molecule has 9 heteroatoms. The molecule has 2 atom stereocenters. The van der Waals surface area contributed by atoms with Crippen molar-refractivity contribution in [3.05, 3.63) is 148 Å². The summed E-state index contributed by atoms with van der Waals surface area (Å²) >= 11 is 0. The molecule has 0 bridgehead atoms. The van der Waals surface area contributed by atoms with Gasteiger partial charge in [-0.3, -0.25) is 19.7 Å². The number of nitro benzene ring substituents is 1. The highest BCUT2D eigenvalue weighted by Crippen LogP contribution is 2.40. The van der Waals surface area contributed by atoms with E-state index in [1.165, 1.54) is 38.5 Å². The summed E-state index contributed by atoms with van der Waals surface area (Å²) in [4.78, 5) is 51.4. The van der Waals surface area contributed by atoms with Gasteiger partial charge in [-0.2, -0.15) is 0 Å². The van der Waals surface area contributed by atoms with E-state index in [-0.39, 0.29) is 12.1 Å². The van der Waals surface area contributed by atoms with Gasteiger partial charge in [0.05, 0.1) is 25.6 Å². The van der Waals surface area contributed by atoms with Gasteiger partial charge in [0, 0.05) is 18.1 Å². The number of ether oxygens (including phenoxy) is 2. The number of non-ortho nitro benzene ring substituents is 1. The number of methoxy groups -OCH3 is 2. The molecular weight excluding hydrogens is 536 g/mol. The van der Waals surface area contributed by atoms with Gasteiger partial charge in [-0.25, -0.2) is 4.79 Å². The Balaban J connectivity index is 1.90. The third kappa shape index (κ3) is 6.05. The molecular formula is C33H30N2O7. The minimum absolute atomic E-state index is 0.162. The molecule has 1 N–H and O–H groups in total. The van der Waals surface area contributed by atoms with E-state index in [9.17, 15) is 24.5 Å². The van der Waals surface area contributed by atoms with Gasteiger partial charge in [-0.1, -0.05) is 103 Å². The number of hydrogen-bond acceptors (Lipinski definition) is 7. The number of esters is 2. The first-order valence-corrected chi connectivity index (χ1v) is 13.2. The van der Waals surface area contributed by atoms with Crippen LogP contribution in [0.25, 0.3) is 0 Å². The minimum atomic E-state index is -1.40. The van der Waals surface area contributed by atoms with Crippen LogP contribution < -0.4 is 5.32 Å². The minimum Gasteiger partial charge on any atom is -0.469 e. The van der Waals surface area contributed by atoms with Gasteiger partial charge in [0.25, 0.3) is 5.69 Å². The maximum atomic E-state index is 14.8. The Labute approximate surface area is 243 Å². The number of nitro groups is 1. The van der Waals surface area contributed by atoms with Gasteiger partial charge < -0.3 is 14.8 Å². The van der Waals surface area contributed by atoms with E-state index >= 15 is 0 Å². The van der Waals surface area contributed by atoms with Gasteiger partial charge in [-0.15, -0.1) is 0 Å². The molecule has 0 spiro atoms. The molecule has 42 heavy (non-hydrogen) atoms. The molecule has 1 amide bonds. The molecule has 0 heterocycles. The van der Waals surface area contributed by atoms with Crippen LogP contribution >= 0.6 is 0 Å². The second kappa shape index (κ2) is 13.4. The largest absolute Gasteiger partial charge is 0.469 e. The van der Waals surface area contributed by atoms with Crippen LogP contribution in [0.4, 0.5) is 5.69 Å². The molecule has 4 rings (SSSR count). The van der Waals surface area contributed by atoms with E-state index in [0.717, 1.165) is 0 Å². The Bertz CT molecular complexity index is 1430. The van der Waals surface area contributed by atoms with E-state index in [1.807, 2.05) is 91.0 Å². The predicted molar refractivity (Wildman–Crippen MR) is 156 cm³/mol. The second-order valence-electron chi connectivity index (χ2n) is 9.56. The van der Waals surface area contributed by atoms with Crippen molar-refractivity contribution in [2.75, 3.05) is 14.2 Å². The van der Waals surface area contributed by atoms with Gasteiger partial charge in [0.1, 0.15) is 11.5 Å². The van der Waals surface area contributed by atoms with Crippen LogP contribution in [0.15, 0.2) is 115 Å². The second-order valence-corrected chi connectivity index (χ2v) is 9.56. The summed E-state index contributed by atoms with van der Waals surface area (Å²) in [6.07, 6.45) is -0.302. The summed E-state index contributed by atoms with van der Waals surface area (Å²) in [6.45, 7) is 0. The van der Waals surface area contributed by atoms with Crippen molar-refractivity contribution >= 4 is 23.5 Å². The third-order valence-corrected chi connectivity index (χ3v) is 7.25. The summed E-state index contributed by atoms with van der Waals surface area (Å²) in [6, 6.07) is 31.7. The van der Waals surface area contributed by atoms with Crippen LogP contribution in [0.3, 0.4) is 0 Å². The number of nitrogens with one attached hydrogen (secondary N) is 1. The number of hydrogen-bond donors (Lipinski definition) is 1. The molecule has 214 valence electrons. The fourth-order valence-corrected chi connectivity index (χ4v) is 5.19. The van der Waals surface area contributed by atoms with E-state index < -0.39 is 40.1 Å². The standard InChI is InChI=1S/C33H30N2O7/c1-41-29(36)22-28(23-18-20-27(21-19-23)35(39)40)30(31(37)42-2)34-32(38)33(24-12-6-3-7-13-24,25-14-8-4-9-15-25)26-16-10-5-11-17-26/h3-21,28,30H,22H2,1-2H3,(H,34,38)/t28-,30-/m0/s1. The van der Waals surface area contributed by atoms with Crippen molar-refractivity contribution in [1.82, 2.24) is 5.32 Å². The lowest BCUT2D eigenvalue weighted by molar-refractivity contribution is -0.384. The van der Waals surface area contributed by atoms with Crippen molar-refractivity contribution in [2.45, 2.75) is 23.8 Å². The van der Waals surface area contributed by atoms with Crippen molar-refractivity contribution in [3.63, 3.8) is 0 Å². The molecule has 9 nitrogen and oxygen atoms in total. The average molecular weight is 567 g/mol. The summed E-state index contributed by atoms with van der Waals surface area (Å²) in [5, 5.41) is 14.2. The highest BCUT2D eigenvalue weighted by Gasteiger charge is 2.46. The number of rotatable bonds is 11. The number of benzene rings is 4. The molecule has 0 aliphatic rings. The monoisotopic (exact) mass is 566 g/mol. The van der Waals surface area contributed by atoms with Crippen LogP contribution in [0.1, 0.15) is 34.6 Å². The van der Waals surface area contributed by atoms with Crippen molar-refractivity contribution in [3.8, 4) is 0 Å². The fraction of sp³-hybridized carbons (Fsp3) is 0.182. The molecule has 0 radical (unpaired) electrons. The Morgan fingerprint density at radius 2 is 1.19 bits per heavy atom. The van der Waals surface area contributed by atoms with Crippen LogP contribution in [0, 0.1) is 10.1 Å². The lowest BCUT2D eigenvalue weighted by Crippen LogP contribution is -2.54. The van der Waals surface area contributed by atoms with E-state index in [1.54, 1.807) is 0 Å². The van der Waals surface area contributed by atoms with Crippen LogP contribution in [0.5, 0.6) is 0 Å². The van der Waals surface area contributed by atoms with E-state index in [2.05, 4.69) is 5.32 Å². The van der Waals surface area contributed by atoms with Crippen molar-refractivity contribution in [1.29, 1.82) is 0 Å². The first-order chi connectivity index (χ1) is 20.3. The third-order valence-electron chi connectivity index (χ3n) is 7.25. The first kappa shape index (κ1) is 29.7. The Hall–Kier alpha value is -5.31. The average Bonchev–Trinajstić information content (AvgIpc) is 3.04. The normalized spacial score (nSPS) is 12.4. The quantitative estimate of drug-likeness (QED) is 0.118. The summed E-state index contributed by atoms with van der Waals surface area (Å²) in [5.41, 5.74) is 0.813. The van der Waals surface area contributed by atoms with Crippen molar-refractivity contribution < 1.29 is 28.8 Å². The van der Waals surface area contributed by atoms with E-state index in [0.29, 0.717) is 22.3 Å². The molecule has 4 aromatic rings. The van der Waals surface area contributed by atoms with Crippen LogP contribution in [0.2, 0.25) is 0 Å². The number of nitrogens with zero attached hydrogens (tertiary/aromatic N) is 1. The lowest BCUT2D eigenvalue weighted by Gasteiger charge is -2.36. The molecule has 0 aromatic heterocycles. The Morgan fingerprint density at radius 1 is 0.738 bits per heavy atom. The zero-order valence-corrected chi connectivity index (χ0v) is 23.1. The highest BCUT2D eigenvalue weighted by atomic mass is 16.6. The summed E-state index contributed by atoms with van der Waals surface area (Å²) < 4.78 is 10.0. The highest BCUT2D eigenvalue weighted by molar-refractivity contribution is 5.98. The van der Waals surface area contributed by atoms with Gasteiger partial charge in [0.2, 0.25) is 5.91 Å². The molecule has 0 fully saturated rings. The van der Waals surface area contributed by atoms with Crippen LogP contribution in [-0.2, 0) is 29.3 Å².